The van der Waals surface area contributed by atoms with Crippen molar-refractivity contribution in [1.82, 2.24) is 0 Å². The number of phenols is 7. The third kappa shape index (κ3) is 5.23. The molecule has 1 saturated heterocycles. The maximum atomic E-state index is 13.7. The largest absolute Gasteiger partial charge is 0.508 e. The Morgan fingerprint density at radius 3 is 2.14 bits per heavy atom. The standard InChI is InChI=1S/C28H24O15/c1-9-20(35)23(38)26(42-27(39)11-5-16(33)21(36)17(34)6-11)28(40-9)43-25-22(37)19-15(32)7-12(29)8-18(19)41-24(25)10-2-3-13(30)14(31)4-10/h2-9,20,23,26,28-36,38H,1H3/t9-,20-,23+,26+,28+/m1/s1. The Hall–Kier alpha value is -5.38. The SMILES string of the molecule is C[C@H]1O[C@@H](Oc2c(-c3ccc(O)c(O)c3)oc3cc(O)cc(O)c3c2=O)[C@@H](OC(=O)c2cc(O)c(O)c(O)c2)[C@@H](O)[C@@H]1O. The molecular formula is C28H24O15. The van der Waals surface area contributed by atoms with Crippen molar-refractivity contribution in [2.75, 3.05) is 0 Å². The number of ether oxygens (including phenoxy) is 3. The minimum atomic E-state index is -1.88. The van der Waals surface area contributed by atoms with Gasteiger partial charge in [-0.25, -0.2) is 4.79 Å². The van der Waals surface area contributed by atoms with Crippen LogP contribution in [0.25, 0.3) is 22.3 Å². The predicted octanol–water partition coefficient (Wildman–Crippen LogP) is 1.47. The van der Waals surface area contributed by atoms with E-state index >= 15 is 0 Å². The fourth-order valence-corrected chi connectivity index (χ4v) is 4.48. The Morgan fingerprint density at radius 1 is 0.814 bits per heavy atom. The smallest absolute Gasteiger partial charge is 0.339 e. The van der Waals surface area contributed by atoms with Crippen molar-refractivity contribution < 1.29 is 69.4 Å². The number of carbonyl (C=O) groups is 1. The zero-order chi connectivity index (χ0) is 31.3. The molecule has 4 aromatic rings. The quantitative estimate of drug-likeness (QED) is 0.116. The first-order valence-corrected chi connectivity index (χ1v) is 12.5. The van der Waals surface area contributed by atoms with Gasteiger partial charge in [-0.2, -0.15) is 0 Å². The molecule has 1 fully saturated rings. The van der Waals surface area contributed by atoms with Gasteiger partial charge in [0.1, 0.15) is 34.7 Å². The van der Waals surface area contributed by atoms with Gasteiger partial charge in [-0.15, -0.1) is 0 Å². The molecule has 0 unspecified atom stereocenters. The van der Waals surface area contributed by atoms with Crippen LogP contribution in [0.1, 0.15) is 17.3 Å². The number of fused-ring (bicyclic) bond motifs is 1. The third-order valence-electron chi connectivity index (χ3n) is 6.72. The van der Waals surface area contributed by atoms with Crippen LogP contribution in [0.4, 0.5) is 0 Å². The maximum absolute atomic E-state index is 13.7. The first-order chi connectivity index (χ1) is 20.3. The second kappa shape index (κ2) is 10.8. The molecule has 1 aromatic heterocycles. The normalized spacial score (nSPS) is 21.9. The number of phenolic OH excluding ortho intramolecular Hbond substituents is 7. The van der Waals surface area contributed by atoms with Crippen molar-refractivity contribution in [2.24, 2.45) is 0 Å². The average molecular weight is 600 g/mol. The van der Waals surface area contributed by atoms with E-state index in [4.69, 9.17) is 18.6 Å². The third-order valence-corrected chi connectivity index (χ3v) is 6.72. The van der Waals surface area contributed by atoms with Crippen LogP contribution < -0.4 is 10.2 Å². The summed E-state index contributed by atoms with van der Waals surface area (Å²) in [6.45, 7) is 1.34. The van der Waals surface area contributed by atoms with Gasteiger partial charge in [0.25, 0.3) is 0 Å². The lowest BCUT2D eigenvalue weighted by Gasteiger charge is -2.40. The van der Waals surface area contributed by atoms with Gasteiger partial charge in [-0.3, -0.25) is 4.79 Å². The van der Waals surface area contributed by atoms with Crippen LogP contribution in [0, 0.1) is 0 Å². The average Bonchev–Trinajstić information content (AvgIpc) is 2.94. The summed E-state index contributed by atoms with van der Waals surface area (Å²) >= 11 is 0. The summed E-state index contributed by atoms with van der Waals surface area (Å²) in [5, 5.41) is 90.1. The summed E-state index contributed by atoms with van der Waals surface area (Å²) in [7, 11) is 0. The van der Waals surface area contributed by atoms with Gasteiger partial charge in [0.2, 0.25) is 17.5 Å². The van der Waals surface area contributed by atoms with Crippen molar-refractivity contribution in [1.29, 1.82) is 0 Å². The number of hydrogen-bond acceptors (Lipinski definition) is 15. The number of hydrogen-bond donors (Lipinski definition) is 9. The van der Waals surface area contributed by atoms with Gasteiger partial charge in [0.05, 0.1) is 11.7 Å². The summed E-state index contributed by atoms with van der Waals surface area (Å²) in [5.74, 6) is -7.30. The van der Waals surface area contributed by atoms with Crippen molar-refractivity contribution in [3.63, 3.8) is 0 Å². The first-order valence-electron chi connectivity index (χ1n) is 12.5. The molecule has 0 spiro atoms. The Bertz CT molecular complexity index is 1770. The number of benzene rings is 3. The highest BCUT2D eigenvalue weighted by atomic mass is 16.7. The number of esters is 1. The molecule has 43 heavy (non-hydrogen) atoms. The van der Waals surface area contributed by atoms with Crippen LogP contribution in [0.5, 0.6) is 46.0 Å². The summed E-state index contributed by atoms with van der Waals surface area (Å²) in [4.78, 5) is 26.6. The Kier molecular flexibility index (Phi) is 7.31. The molecule has 5 atom stereocenters. The molecule has 0 aliphatic carbocycles. The molecule has 3 aromatic carbocycles. The summed E-state index contributed by atoms with van der Waals surface area (Å²) in [5.41, 5.74) is -1.86. The number of aliphatic hydroxyl groups is 2. The van der Waals surface area contributed by atoms with Gasteiger partial charge in [0, 0.05) is 17.7 Å². The van der Waals surface area contributed by atoms with Crippen molar-refractivity contribution in [2.45, 2.75) is 37.6 Å². The monoisotopic (exact) mass is 600 g/mol. The molecule has 0 bridgehead atoms. The summed E-state index contributed by atoms with van der Waals surface area (Å²) in [6.07, 6.45) is -8.39. The molecule has 1 aliphatic heterocycles. The number of aliphatic hydroxyl groups excluding tert-OH is 2. The Balaban J connectivity index is 1.62. The van der Waals surface area contributed by atoms with Gasteiger partial charge in [-0.1, -0.05) is 0 Å². The molecule has 2 heterocycles. The highest BCUT2D eigenvalue weighted by molar-refractivity contribution is 5.91. The molecule has 0 saturated carbocycles. The fourth-order valence-electron chi connectivity index (χ4n) is 4.48. The molecule has 15 heteroatoms. The van der Waals surface area contributed by atoms with E-state index in [1.54, 1.807) is 0 Å². The minimum Gasteiger partial charge on any atom is -0.508 e. The van der Waals surface area contributed by atoms with E-state index in [0.29, 0.717) is 0 Å². The highest BCUT2D eigenvalue weighted by Gasteiger charge is 2.47. The lowest BCUT2D eigenvalue weighted by atomic mass is 9.99. The topological polar surface area (TPSA) is 257 Å². The molecular weight excluding hydrogens is 576 g/mol. The van der Waals surface area contributed by atoms with Crippen LogP contribution in [-0.2, 0) is 9.47 Å². The van der Waals surface area contributed by atoms with Gasteiger partial charge in [-0.05, 0) is 37.3 Å². The molecule has 5 rings (SSSR count). The lowest BCUT2D eigenvalue weighted by molar-refractivity contribution is -0.267. The number of carbonyl (C=O) groups excluding carboxylic acids is 1. The molecule has 0 radical (unpaired) electrons. The van der Waals surface area contributed by atoms with Crippen LogP contribution in [0.2, 0.25) is 0 Å². The van der Waals surface area contributed by atoms with Crippen LogP contribution in [0.15, 0.2) is 51.7 Å². The van der Waals surface area contributed by atoms with Gasteiger partial charge >= 0.3 is 5.97 Å². The van der Waals surface area contributed by atoms with Gasteiger partial charge < -0.3 is 64.6 Å². The van der Waals surface area contributed by atoms with Crippen molar-refractivity contribution in [3.8, 4) is 57.3 Å². The van der Waals surface area contributed by atoms with Crippen LogP contribution in [-0.4, -0.2) is 82.6 Å². The second-order valence-corrected chi connectivity index (χ2v) is 9.67. The van der Waals surface area contributed by atoms with E-state index in [1.165, 1.54) is 13.0 Å². The number of rotatable bonds is 5. The lowest BCUT2D eigenvalue weighted by Crippen LogP contribution is -2.60. The van der Waals surface area contributed by atoms with E-state index in [2.05, 4.69) is 0 Å². The zero-order valence-corrected chi connectivity index (χ0v) is 21.9. The molecule has 15 nitrogen and oxygen atoms in total. The Labute approximate surface area is 239 Å². The van der Waals surface area contributed by atoms with Crippen molar-refractivity contribution >= 4 is 16.9 Å². The molecule has 9 N–H and O–H groups in total. The molecule has 1 aliphatic rings. The fraction of sp³-hybridized carbons (Fsp3) is 0.214. The van der Waals surface area contributed by atoms with Crippen molar-refractivity contribution in [3.05, 3.63) is 58.3 Å². The predicted molar refractivity (Wildman–Crippen MR) is 142 cm³/mol. The van der Waals surface area contributed by atoms with Crippen LogP contribution in [0.3, 0.4) is 0 Å². The maximum Gasteiger partial charge on any atom is 0.339 e. The van der Waals surface area contributed by atoms with Gasteiger partial charge in [0.15, 0.2) is 40.6 Å². The number of aromatic hydroxyl groups is 7. The van der Waals surface area contributed by atoms with Crippen LogP contribution >= 0.6 is 0 Å². The Morgan fingerprint density at radius 2 is 1.49 bits per heavy atom. The minimum absolute atomic E-state index is 0.0415. The molecule has 226 valence electrons. The van der Waals surface area contributed by atoms with E-state index < -0.39 is 105 Å². The zero-order valence-electron chi connectivity index (χ0n) is 21.9. The summed E-state index contributed by atoms with van der Waals surface area (Å²) in [6, 6.07) is 6.72. The van der Waals surface area contributed by atoms with E-state index in [9.17, 15) is 55.5 Å². The van der Waals surface area contributed by atoms with E-state index in [1.807, 2.05) is 0 Å². The summed E-state index contributed by atoms with van der Waals surface area (Å²) < 4.78 is 22.5. The van der Waals surface area contributed by atoms with E-state index in [0.717, 1.165) is 36.4 Å². The second-order valence-electron chi connectivity index (χ2n) is 9.67. The molecule has 0 amide bonds. The van der Waals surface area contributed by atoms with E-state index in [-0.39, 0.29) is 11.1 Å². The first kappa shape index (κ1) is 29.1. The highest BCUT2D eigenvalue weighted by Crippen LogP contribution is 2.40.